The number of anilines is 5. The van der Waals surface area contributed by atoms with E-state index in [-0.39, 0.29) is 17.5 Å². The number of carbonyl (C=O) groups is 2. The van der Waals surface area contributed by atoms with Crippen molar-refractivity contribution in [1.29, 1.82) is 0 Å². The summed E-state index contributed by atoms with van der Waals surface area (Å²) in [4.78, 5) is 38.5. The van der Waals surface area contributed by atoms with Crippen molar-refractivity contribution < 1.29 is 14.0 Å². The second-order valence-corrected chi connectivity index (χ2v) is 11.3. The molecule has 208 valence electrons. The van der Waals surface area contributed by atoms with Gasteiger partial charge in [0.05, 0.1) is 34.5 Å². The normalized spacial score (nSPS) is 19.9. The Labute approximate surface area is 234 Å². The highest BCUT2D eigenvalue weighted by Gasteiger charge is 2.34. The summed E-state index contributed by atoms with van der Waals surface area (Å²) in [5.41, 5.74) is 3.39. The van der Waals surface area contributed by atoms with Gasteiger partial charge in [0.1, 0.15) is 11.6 Å². The molecule has 2 amide bonds. The van der Waals surface area contributed by atoms with Crippen molar-refractivity contribution in [3.63, 3.8) is 0 Å². The molecule has 1 atom stereocenters. The van der Waals surface area contributed by atoms with Crippen LogP contribution in [-0.4, -0.2) is 73.9 Å². The third kappa shape index (κ3) is 4.79. The number of piperidine rings is 1. The Morgan fingerprint density at radius 3 is 2.42 bits per heavy atom. The molecule has 0 unspecified atom stereocenters. The number of hydrogen-bond acceptors (Lipinski definition) is 6. The van der Waals surface area contributed by atoms with E-state index in [0.29, 0.717) is 34.5 Å². The lowest BCUT2D eigenvalue weighted by Gasteiger charge is -2.32. The Bertz CT molecular complexity index is 1450. The maximum atomic E-state index is 15.2. The van der Waals surface area contributed by atoms with Gasteiger partial charge in [0.2, 0.25) is 0 Å². The average Bonchev–Trinajstić information content (AvgIpc) is 3.45. The van der Waals surface area contributed by atoms with Gasteiger partial charge in [-0.2, -0.15) is 0 Å². The van der Waals surface area contributed by atoms with Crippen molar-refractivity contribution >= 4 is 40.4 Å². The molecule has 0 spiro atoms. The number of para-hydroxylation sites is 1. The van der Waals surface area contributed by atoms with E-state index in [1.165, 1.54) is 18.9 Å². The minimum Gasteiger partial charge on any atom is -0.342 e. The van der Waals surface area contributed by atoms with E-state index in [2.05, 4.69) is 22.2 Å². The molecular weight excluding hydrogens is 507 g/mol. The van der Waals surface area contributed by atoms with Gasteiger partial charge in [0.15, 0.2) is 0 Å². The molecule has 2 fully saturated rings. The Balaban J connectivity index is 1.17. The summed E-state index contributed by atoms with van der Waals surface area (Å²) in [7, 11) is 5.77. The Kier molecular flexibility index (Phi) is 6.92. The van der Waals surface area contributed by atoms with E-state index in [1.807, 2.05) is 35.0 Å². The van der Waals surface area contributed by atoms with Crippen molar-refractivity contribution in [2.24, 2.45) is 11.8 Å². The third-order valence-electron chi connectivity index (χ3n) is 8.81. The van der Waals surface area contributed by atoms with Crippen molar-refractivity contribution in [3.8, 4) is 0 Å². The largest absolute Gasteiger partial charge is 0.342 e. The zero-order valence-electron chi connectivity index (χ0n) is 23.2. The summed E-state index contributed by atoms with van der Waals surface area (Å²) in [5, 5.41) is 3.06. The quantitative estimate of drug-likeness (QED) is 0.493. The number of carbonyl (C=O) groups excluding carboxylic acids is 2. The van der Waals surface area contributed by atoms with E-state index < -0.39 is 5.82 Å². The molecule has 3 aromatic rings. The van der Waals surface area contributed by atoms with Crippen LogP contribution in [0.5, 0.6) is 0 Å². The fraction of sp³-hybridized carbons (Fsp3) is 0.387. The minimum absolute atomic E-state index is 0.114. The molecule has 9 heteroatoms. The molecule has 1 N–H and O–H groups in total. The smallest absolute Gasteiger partial charge is 0.260 e. The lowest BCUT2D eigenvalue weighted by molar-refractivity contribution is 0.0775. The van der Waals surface area contributed by atoms with E-state index in [1.54, 1.807) is 42.4 Å². The van der Waals surface area contributed by atoms with E-state index >= 15 is 4.39 Å². The van der Waals surface area contributed by atoms with Crippen LogP contribution in [0, 0.1) is 17.7 Å². The highest BCUT2D eigenvalue weighted by atomic mass is 19.1. The molecular formula is C31H35FN6O2. The molecule has 0 saturated carbocycles. The monoisotopic (exact) mass is 542 g/mol. The third-order valence-corrected chi connectivity index (χ3v) is 8.81. The van der Waals surface area contributed by atoms with Crippen LogP contribution < -0.4 is 15.1 Å². The summed E-state index contributed by atoms with van der Waals surface area (Å²) >= 11 is 0. The number of nitrogens with zero attached hydrogens (tertiary/aromatic N) is 5. The van der Waals surface area contributed by atoms with Gasteiger partial charge in [0, 0.05) is 38.8 Å². The first-order valence-electron chi connectivity index (χ1n) is 14.0. The van der Waals surface area contributed by atoms with E-state index in [0.717, 1.165) is 44.0 Å². The number of nitrogens with one attached hydrogen (secondary N) is 1. The van der Waals surface area contributed by atoms with Crippen LogP contribution in [0.4, 0.5) is 33.0 Å². The standard InChI is InChI=1S/C31H35FN6O2/c1-35-13-10-20(11-14-35)22-12-15-38(19-22)30(39)21-8-9-25(24(32)16-21)34-29-17-27-28(18-33-29)37(3)31(40)23-6-4-5-7-26(23)36(27)2/h4-9,16-18,20,22H,10-15,19H2,1-3H3,(H,33,34)/t22-/m1/s1. The topological polar surface area (TPSA) is 72.0 Å². The molecule has 8 nitrogen and oxygen atoms in total. The molecule has 40 heavy (non-hydrogen) atoms. The zero-order valence-corrected chi connectivity index (χ0v) is 23.2. The predicted molar refractivity (Wildman–Crippen MR) is 155 cm³/mol. The van der Waals surface area contributed by atoms with Gasteiger partial charge in [-0.3, -0.25) is 9.59 Å². The number of rotatable bonds is 4. The number of halogens is 1. The summed E-state index contributed by atoms with van der Waals surface area (Å²) < 4.78 is 15.2. The van der Waals surface area contributed by atoms with Gasteiger partial charge >= 0.3 is 0 Å². The molecule has 6 rings (SSSR count). The maximum Gasteiger partial charge on any atom is 0.260 e. The van der Waals surface area contributed by atoms with Crippen molar-refractivity contribution in [1.82, 2.24) is 14.8 Å². The van der Waals surface area contributed by atoms with Crippen LogP contribution in [0.2, 0.25) is 0 Å². The molecule has 2 aromatic carbocycles. The summed E-state index contributed by atoms with van der Waals surface area (Å²) in [6.45, 7) is 3.71. The number of pyridine rings is 1. The van der Waals surface area contributed by atoms with Gasteiger partial charge in [-0.1, -0.05) is 12.1 Å². The Morgan fingerprint density at radius 2 is 1.65 bits per heavy atom. The predicted octanol–water partition coefficient (Wildman–Crippen LogP) is 5.13. The van der Waals surface area contributed by atoms with Crippen LogP contribution in [0.15, 0.2) is 54.7 Å². The second-order valence-electron chi connectivity index (χ2n) is 11.3. The first kappa shape index (κ1) is 26.3. The molecule has 0 bridgehead atoms. The van der Waals surface area contributed by atoms with Gasteiger partial charge in [-0.15, -0.1) is 0 Å². The van der Waals surface area contributed by atoms with Gasteiger partial charge in [-0.05, 0) is 81.6 Å². The molecule has 1 aromatic heterocycles. The summed E-state index contributed by atoms with van der Waals surface area (Å²) in [6.07, 6.45) is 5.00. The number of fused-ring (bicyclic) bond motifs is 2. The summed E-state index contributed by atoms with van der Waals surface area (Å²) in [5.74, 6) is 0.880. The zero-order chi connectivity index (χ0) is 28.0. The Hall–Kier alpha value is -3.98. The number of benzene rings is 2. The van der Waals surface area contributed by atoms with Crippen LogP contribution in [0.25, 0.3) is 0 Å². The van der Waals surface area contributed by atoms with Crippen LogP contribution in [-0.2, 0) is 0 Å². The second kappa shape index (κ2) is 10.5. The fourth-order valence-corrected chi connectivity index (χ4v) is 6.33. The van der Waals surface area contributed by atoms with Gasteiger partial charge in [-0.25, -0.2) is 9.37 Å². The minimum atomic E-state index is -0.514. The lowest BCUT2D eigenvalue weighted by atomic mass is 9.84. The van der Waals surface area contributed by atoms with Crippen molar-refractivity contribution in [2.75, 3.05) is 62.4 Å². The molecule has 3 aliphatic heterocycles. The van der Waals surface area contributed by atoms with Crippen molar-refractivity contribution in [3.05, 3.63) is 71.7 Å². The SMILES string of the molecule is CN1CCC([C@@H]2CCN(C(=O)c3ccc(Nc4cc5c(cn4)N(C)C(=O)c4ccccc4N5C)c(F)c3)C2)CC1. The molecule has 0 aliphatic carbocycles. The summed E-state index contributed by atoms with van der Waals surface area (Å²) in [6, 6.07) is 13.8. The molecule has 2 saturated heterocycles. The highest BCUT2D eigenvalue weighted by Crippen LogP contribution is 2.40. The first-order valence-corrected chi connectivity index (χ1v) is 14.0. The van der Waals surface area contributed by atoms with Gasteiger partial charge < -0.3 is 24.9 Å². The van der Waals surface area contributed by atoms with E-state index in [9.17, 15) is 9.59 Å². The van der Waals surface area contributed by atoms with Crippen molar-refractivity contribution in [2.45, 2.75) is 19.3 Å². The van der Waals surface area contributed by atoms with Crippen LogP contribution >= 0.6 is 0 Å². The van der Waals surface area contributed by atoms with E-state index in [4.69, 9.17) is 0 Å². The fourth-order valence-electron chi connectivity index (χ4n) is 6.33. The molecule has 3 aliphatic rings. The average molecular weight is 543 g/mol. The van der Waals surface area contributed by atoms with Gasteiger partial charge in [0.25, 0.3) is 11.8 Å². The first-order chi connectivity index (χ1) is 19.3. The highest BCUT2D eigenvalue weighted by molar-refractivity contribution is 6.13. The van der Waals surface area contributed by atoms with Crippen LogP contribution in [0.3, 0.4) is 0 Å². The lowest BCUT2D eigenvalue weighted by Crippen LogP contribution is -2.35. The maximum absolute atomic E-state index is 15.2. The van der Waals surface area contributed by atoms with Crippen LogP contribution in [0.1, 0.15) is 40.0 Å². The molecule has 4 heterocycles. The number of aromatic nitrogens is 1. The number of hydrogen-bond donors (Lipinski definition) is 1. The Morgan fingerprint density at radius 1 is 0.900 bits per heavy atom. The molecule has 0 radical (unpaired) electrons. The number of likely N-dealkylation sites (tertiary alicyclic amines) is 2. The number of amides is 2.